The Morgan fingerprint density at radius 1 is 1.19 bits per heavy atom. The van der Waals surface area contributed by atoms with Gasteiger partial charge in [-0.15, -0.1) is 11.3 Å². The molecule has 0 saturated carbocycles. The van der Waals surface area contributed by atoms with Crippen LogP contribution in [-0.2, 0) is 30.2 Å². The molecule has 3 aromatic heterocycles. The molecule has 0 aliphatic carbocycles. The molecule has 3 rings (SSSR count). The highest BCUT2D eigenvalue weighted by atomic mass is 32.2. The van der Waals surface area contributed by atoms with Crippen LogP contribution in [0.2, 0.25) is 0 Å². The molecule has 0 unspecified atom stereocenters. The molecule has 0 aliphatic heterocycles. The van der Waals surface area contributed by atoms with Gasteiger partial charge in [-0.05, 0) is 13.3 Å². The van der Waals surface area contributed by atoms with Gasteiger partial charge >= 0.3 is 11.7 Å². The summed E-state index contributed by atoms with van der Waals surface area (Å²) in [6.07, 6.45) is 0.743. The maximum absolute atomic E-state index is 12.6. The number of carbonyl (C=O) groups excluding carboxylic acids is 2. The van der Waals surface area contributed by atoms with Crippen LogP contribution in [0.3, 0.4) is 0 Å². The number of thiazole rings is 1. The molecule has 3 heterocycles. The first-order valence-corrected chi connectivity index (χ1v) is 11.4. The number of hydrogen-bond acceptors (Lipinski definition) is 9. The van der Waals surface area contributed by atoms with Crippen LogP contribution in [0.5, 0.6) is 0 Å². The van der Waals surface area contributed by atoms with Crippen molar-refractivity contribution in [1.82, 2.24) is 23.7 Å². The number of ether oxygens (including phenoxy) is 1. The van der Waals surface area contributed by atoms with E-state index in [-0.39, 0.29) is 34.7 Å². The van der Waals surface area contributed by atoms with Gasteiger partial charge in [-0.3, -0.25) is 18.7 Å². The number of imidazole rings is 1. The van der Waals surface area contributed by atoms with Crippen LogP contribution in [0.15, 0.2) is 20.1 Å². The fourth-order valence-electron chi connectivity index (χ4n) is 2.88. The number of hydrogen-bond donors (Lipinski definition) is 1. The van der Waals surface area contributed by atoms with Gasteiger partial charge in [0, 0.05) is 26.0 Å². The summed E-state index contributed by atoms with van der Waals surface area (Å²) in [6, 6.07) is 0. The van der Waals surface area contributed by atoms with Gasteiger partial charge in [-0.2, -0.15) is 0 Å². The minimum absolute atomic E-state index is 0.00954. The molecule has 0 spiro atoms. The van der Waals surface area contributed by atoms with Crippen molar-refractivity contribution in [2.75, 3.05) is 17.7 Å². The Morgan fingerprint density at radius 3 is 2.61 bits per heavy atom. The van der Waals surface area contributed by atoms with Crippen molar-refractivity contribution in [1.29, 1.82) is 0 Å². The van der Waals surface area contributed by atoms with Crippen LogP contribution >= 0.6 is 23.1 Å². The van der Waals surface area contributed by atoms with Crippen molar-refractivity contribution >= 4 is 51.3 Å². The van der Waals surface area contributed by atoms with Crippen LogP contribution in [0, 0.1) is 0 Å². The number of amides is 1. The number of thioether (sulfide) groups is 1. The van der Waals surface area contributed by atoms with Crippen LogP contribution in [0.25, 0.3) is 11.2 Å². The monoisotopic (exact) mass is 466 g/mol. The molecule has 0 saturated heterocycles. The molecule has 1 N–H and O–H groups in total. The van der Waals surface area contributed by atoms with Gasteiger partial charge in [0.05, 0.1) is 12.4 Å². The van der Waals surface area contributed by atoms with Crippen LogP contribution < -0.4 is 16.6 Å². The average molecular weight is 467 g/mol. The van der Waals surface area contributed by atoms with Crippen molar-refractivity contribution in [3.8, 4) is 0 Å². The maximum Gasteiger partial charge on any atom is 0.357 e. The first kappa shape index (κ1) is 22.7. The second-order valence-corrected chi connectivity index (χ2v) is 8.32. The molecular formula is C18H22N6O5S2. The number of carbonyl (C=O) groups is 2. The summed E-state index contributed by atoms with van der Waals surface area (Å²) in [4.78, 5) is 57.4. The Bertz CT molecular complexity index is 1250. The Morgan fingerprint density at radius 2 is 1.94 bits per heavy atom. The predicted molar refractivity (Wildman–Crippen MR) is 118 cm³/mol. The Kier molecular flexibility index (Phi) is 6.95. The molecule has 13 heteroatoms. The molecule has 0 fully saturated rings. The lowest BCUT2D eigenvalue weighted by atomic mass is 10.4. The standard InChI is InChI=1S/C18H22N6O5S2/c1-5-7-24-12-13(22(3)18(28)23(4)14(12)26)21-17(24)31-9-11(25)20-16-19-10(8-30-16)15(27)29-6-2/h8H,5-7,9H2,1-4H3,(H,19,20,25). The van der Waals surface area contributed by atoms with Gasteiger partial charge in [-0.25, -0.2) is 19.6 Å². The third kappa shape index (κ3) is 4.56. The third-order valence-electron chi connectivity index (χ3n) is 4.33. The maximum atomic E-state index is 12.6. The number of esters is 1. The first-order valence-electron chi connectivity index (χ1n) is 9.50. The van der Waals surface area contributed by atoms with Crippen molar-refractivity contribution in [2.24, 2.45) is 14.1 Å². The Hall–Kier alpha value is -2.93. The van der Waals surface area contributed by atoms with Crippen LogP contribution in [0.1, 0.15) is 30.8 Å². The summed E-state index contributed by atoms with van der Waals surface area (Å²) >= 11 is 2.27. The summed E-state index contributed by atoms with van der Waals surface area (Å²) in [5.74, 6) is -0.879. The van der Waals surface area contributed by atoms with Crippen molar-refractivity contribution in [3.63, 3.8) is 0 Å². The Labute approximate surface area is 185 Å². The molecule has 1 amide bonds. The summed E-state index contributed by atoms with van der Waals surface area (Å²) < 4.78 is 8.97. The minimum Gasteiger partial charge on any atom is -0.461 e. The summed E-state index contributed by atoms with van der Waals surface area (Å²) in [5, 5.41) is 4.90. The normalized spacial score (nSPS) is 11.1. The number of fused-ring (bicyclic) bond motifs is 1. The highest BCUT2D eigenvalue weighted by Gasteiger charge is 2.20. The summed E-state index contributed by atoms with van der Waals surface area (Å²) in [5.41, 5.74) is -0.146. The van der Waals surface area contributed by atoms with Gasteiger partial charge < -0.3 is 14.6 Å². The van der Waals surface area contributed by atoms with E-state index in [0.29, 0.717) is 17.2 Å². The van der Waals surface area contributed by atoms with Crippen molar-refractivity contribution < 1.29 is 14.3 Å². The van der Waals surface area contributed by atoms with Gasteiger partial charge in [0.25, 0.3) is 5.56 Å². The second-order valence-electron chi connectivity index (χ2n) is 6.52. The van der Waals surface area contributed by atoms with Crippen LogP contribution in [0.4, 0.5) is 5.13 Å². The molecule has 0 aromatic carbocycles. The van der Waals surface area contributed by atoms with E-state index in [1.54, 1.807) is 18.5 Å². The first-order chi connectivity index (χ1) is 14.8. The zero-order valence-corrected chi connectivity index (χ0v) is 19.1. The van der Waals surface area contributed by atoms with E-state index < -0.39 is 17.2 Å². The molecular weight excluding hydrogens is 444 g/mol. The van der Waals surface area contributed by atoms with E-state index >= 15 is 0 Å². The number of aryl methyl sites for hydroxylation is 2. The number of aromatic nitrogens is 5. The lowest BCUT2D eigenvalue weighted by Crippen LogP contribution is -2.37. The number of nitrogens with zero attached hydrogens (tertiary/aromatic N) is 5. The van der Waals surface area contributed by atoms with E-state index in [4.69, 9.17) is 4.74 Å². The number of nitrogens with one attached hydrogen (secondary N) is 1. The molecule has 166 valence electrons. The molecule has 0 bridgehead atoms. The average Bonchev–Trinajstić information content (AvgIpc) is 3.35. The highest BCUT2D eigenvalue weighted by Crippen LogP contribution is 2.23. The lowest BCUT2D eigenvalue weighted by molar-refractivity contribution is -0.113. The molecule has 0 atom stereocenters. The zero-order chi connectivity index (χ0) is 22.7. The highest BCUT2D eigenvalue weighted by molar-refractivity contribution is 7.99. The number of rotatable bonds is 8. The smallest absolute Gasteiger partial charge is 0.357 e. The van der Waals surface area contributed by atoms with Gasteiger partial charge in [0.2, 0.25) is 5.91 Å². The number of anilines is 1. The quantitative estimate of drug-likeness (QED) is 0.387. The summed E-state index contributed by atoms with van der Waals surface area (Å²) in [6.45, 7) is 4.41. The minimum atomic E-state index is -0.547. The van der Waals surface area contributed by atoms with Gasteiger partial charge in [0.15, 0.2) is 27.1 Å². The van der Waals surface area contributed by atoms with Crippen molar-refractivity contribution in [3.05, 3.63) is 31.9 Å². The van der Waals surface area contributed by atoms with Crippen LogP contribution in [-0.4, -0.2) is 47.9 Å². The van der Waals surface area contributed by atoms with Gasteiger partial charge in [0.1, 0.15) is 0 Å². The van der Waals surface area contributed by atoms with Gasteiger partial charge in [-0.1, -0.05) is 18.7 Å². The topological polar surface area (TPSA) is 130 Å². The third-order valence-corrected chi connectivity index (χ3v) is 6.06. The van der Waals surface area contributed by atoms with E-state index in [1.165, 1.54) is 17.0 Å². The fraction of sp³-hybridized carbons (Fsp3) is 0.444. The second kappa shape index (κ2) is 9.47. The molecule has 31 heavy (non-hydrogen) atoms. The summed E-state index contributed by atoms with van der Waals surface area (Å²) in [7, 11) is 2.98. The largest absolute Gasteiger partial charge is 0.461 e. The molecule has 3 aromatic rings. The Balaban J connectivity index is 1.80. The molecule has 11 nitrogen and oxygen atoms in total. The molecule has 0 aliphatic rings. The fourth-order valence-corrected chi connectivity index (χ4v) is 4.40. The van der Waals surface area contributed by atoms with Crippen molar-refractivity contribution in [2.45, 2.75) is 32.0 Å². The van der Waals surface area contributed by atoms with E-state index in [9.17, 15) is 19.2 Å². The van der Waals surface area contributed by atoms with E-state index in [1.807, 2.05) is 6.92 Å². The molecule has 0 radical (unpaired) electrons. The predicted octanol–water partition coefficient (Wildman–Crippen LogP) is 1.21. The SMILES string of the molecule is CCCn1c(SCC(=O)Nc2nc(C(=O)OCC)cs2)nc2c1c(=O)n(C)c(=O)n2C. The zero-order valence-electron chi connectivity index (χ0n) is 17.5. The lowest BCUT2D eigenvalue weighted by Gasteiger charge is -2.07. The van der Waals surface area contributed by atoms with E-state index in [2.05, 4.69) is 15.3 Å². The van der Waals surface area contributed by atoms with E-state index in [0.717, 1.165) is 34.1 Å².